The zero-order valence-corrected chi connectivity index (χ0v) is 16.6. The number of amides is 2. The van der Waals surface area contributed by atoms with Gasteiger partial charge in [-0.05, 0) is 43.2 Å². The van der Waals surface area contributed by atoms with Gasteiger partial charge in [0.1, 0.15) is 5.75 Å². The minimum absolute atomic E-state index is 0.0618. The second-order valence-electron chi connectivity index (χ2n) is 6.64. The van der Waals surface area contributed by atoms with E-state index in [2.05, 4.69) is 10.3 Å². The molecule has 2 heterocycles. The Kier molecular flexibility index (Phi) is 6.31. The topological polar surface area (TPSA) is 71.5 Å². The zero-order valence-electron chi connectivity index (χ0n) is 15.8. The van der Waals surface area contributed by atoms with Crippen molar-refractivity contribution in [3.8, 4) is 11.6 Å². The molecule has 2 aromatic rings. The predicted molar refractivity (Wildman–Crippen MR) is 110 cm³/mol. The van der Waals surface area contributed by atoms with Gasteiger partial charge in [0, 0.05) is 43.9 Å². The van der Waals surface area contributed by atoms with E-state index in [0.29, 0.717) is 29.6 Å². The first-order chi connectivity index (χ1) is 13.4. The fraction of sp³-hybridized carbons (Fsp3) is 0.286. The number of aromatic nitrogens is 1. The minimum atomic E-state index is -0.0731. The van der Waals surface area contributed by atoms with Crippen LogP contribution in [0.1, 0.15) is 32.3 Å². The molecular weight excluding hydrogens is 378 g/mol. The molecule has 1 aromatic heterocycles. The molecule has 28 heavy (non-hydrogen) atoms. The summed E-state index contributed by atoms with van der Waals surface area (Å²) < 4.78 is 5.76. The molecule has 0 saturated carbocycles. The van der Waals surface area contributed by atoms with E-state index >= 15 is 0 Å². The number of anilines is 1. The lowest BCUT2D eigenvalue weighted by Crippen LogP contribution is -2.28. The van der Waals surface area contributed by atoms with Gasteiger partial charge in [0.25, 0.3) is 0 Å². The Morgan fingerprint density at radius 2 is 2.18 bits per heavy atom. The van der Waals surface area contributed by atoms with Crippen LogP contribution < -0.4 is 15.0 Å². The molecule has 2 amide bonds. The van der Waals surface area contributed by atoms with Crippen molar-refractivity contribution in [2.24, 2.45) is 0 Å². The predicted octanol–water partition coefficient (Wildman–Crippen LogP) is 4.19. The molecule has 1 aromatic carbocycles. The first kappa shape index (κ1) is 19.9. The van der Waals surface area contributed by atoms with Crippen LogP contribution >= 0.6 is 11.6 Å². The smallest absolute Gasteiger partial charge is 0.227 e. The number of nitrogens with zero attached hydrogens (tertiary/aromatic N) is 2. The SMILES string of the molecule is CC(=O)N[C@@H](C)C=Cc1ccc(Oc2ccc(N3CCCC3=O)cc2Cl)nc1. The van der Waals surface area contributed by atoms with E-state index in [-0.39, 0.29) is 17.9 Å². The van der Waals surface area contributed by atoms with Crippen molar-refractivity contribution in [3.63, 3.8) is 0 Å². The van der Waals surface area contributed by atoms with Crippen LogP contribution in [0, 0.1) is 0 Å². The average Bonchev–Trinajstić information content (AvgIpc) is 3.08. The number of nitrogens with one attached hydrogen (secondary N) is 1. The summed E-state index contributed by atoms with van der Waals surface area (Å²) in [5.74, 6) is 0.935. The number of pyridine rings is 1. The summed E-state index contributed by atoms with van der Waals surface area (Å²) in [6.45, 7) is 4.09. The van der Waals surface area contributed by atoms with Crippen LogP contribution in [0.25, 0.3) is 6.08 Å². The van der Waals surface area contributed by atoms with Gasteiger partial charge in [-0.25, -0.2) is 4.98 Å². The summed E-state index contributed by atoms with van der Waals surface area (Å²) in [6, 6.07) is 8.86. The lowest BCUT2D eigenvalue weighted by Gasteiger charge is -2.17. The molecule has 1 fully saturated rings. The standard InChI is InChI=1S/C21H22ClN3O3/c1-14(24-15(2)26)5-6-16-7-10-20(23-13-16)28-19-9-8-17(12-18(19)22)25-11-3-4-21(25)27/h5-10,12-14H,3-4,11H2,1-2H3,(H,24,26)/t14-/m0/s1. The molecule has 146 valence electrons. The van der Waals surface area contributed by atoms with Gasteiger partial charge >= 0.3 is 0 Å². The van der Waals surface area contributed by atoms with Crippen molar-refractivity contribution in [1.29, 1.82) is 0 Å². The van der Waals surface area contributed by atoms with Crippen LogP contribution in [-0.2, 0) is 9.59 Å². The van der Waals surface area contributed by atoms with Gasteiger partial charge in [0.15, 0.2) is 0 Å². The quantitative estimate of drug-likeness (QED) is 0.790. The van der Waals surface area contributed by atoms with Gasteiger partial charge in [0.2, 0.25) is 17.7 Å². The molecule has 3 rings (SSSR count). The molecule has 1 saturated heterocycles. The zero-order chi connectivity index (χ0) is 20.1. The van der Waals surface area contributed by atoms with E-state index < -0.39 is 0 Å². The molecule has 1 atom stereocenters. The maximum Gasteiger partial charge on any atom is 0.227 e. The normalized spacial score (nSPS) is 15.1. The van der Waals surface area contributed by atoms with Crippen LogP contribution in [0.5, 0.6) is 11.6 Å². The van der Waals surface area contributed by atoms with E-state index in [1.165, 1.54) is 6.92 Å². The Morgan fingerprint density at radius 1 is 1.36 bits per heavy atom. The van der Waals surface area contributed by atoms with Crippen LogP contribution in [0.2, 0.25) is 5.02 Å². The fourth-order valence-corrected chi connectivity index (χ4v) is 3.16. The summed E-state index contributed by atoms with van der Waals surface area (Å²) in [4.78, 5) is 28.9. The van der Waals surface area contributed by atoms with Gasteiger partial charge in [-0.2, -0.15) is 0 Å². The molecule has 0 unspecified atom stereocenters. The molecule has 6 nitrogen and oxygen atoms in total. The number of halogens is 1. The van der Waals surface area contributed by atoms with Gasteiger partial charge in [-0.3, -0.25) is 9.59 Å². The summed E-state index contributed by atoms with van der Waals surface area (Å²) in [5.41, 5.74) is 1.67. The van der Waals surface area contributed by atoms with Crippen LogP contribution in [0.3, 0.4) is 0 Å². The minimum Gasteiger partial charge on any atom is -0.437 e. The average molecular weight is 400 g/mol. The Bertz CT molecular complexity index is 896. The molecular formula is C21H22ClN3O3. The maximum absolute atomic E-state index is 11.9. The second-order valence-corrected chi connectivity index (χ2v) is 7.05. The third kappa shape index (κ3) is 5.10. The highest BCUT2D eigenvalue weighted by atomic mass is 35.5. The van der Waals surface area contributed by atoms with Gasteiger partial charge in [0.05, 0.1) is 5.02 Å². The summed E-state index contributed by atoms with van der Waals surface area (Å²) in [5, 5.41) is 3.20. The molecule has 7 heteroatoms. The van der Waals surface area contributed by atoms with E-state index in [0.717, 1.165) is 17.7 Å². The first-order valence-electron chi connectivity index (χ1n) is 9.11. The molecule has 1 aliphatic rings. The van der Waals surface area contributed by atoms with Crippen molar-refractivity contribution >= 4 is 35.2 Å². The number of rotatable bonds is 6. The largest absolute Gasteiger partial charge is 0.437 e. The lowest BCUT2D eigenvalue weighted by molar-refractivity contribution is -0.119. The van der Waals surface area contributed by atoms with E-state index in [1.807, 2.05) is 31.2 Å². The van der Waals surface area contributed by atoms with E-state index in [4.69, 9.17) is 16.3 Å². The highest BCUT2D eigenvalue weighted by molar-refractivity contribution is 6.32. The monoisotopic (exact) mass is 399 g/mol. The molecule has 1 N–H and O–H groups in total. The van der Waals surface area contributed by atoms with Crippen molar-refractivity contribution in [2.75, 3.05) is 11.4 Å². The number of hydrogen-bond acceptors (Lipinski definition) is 4. The Hall–Kier alpha value is -2.86. The molecule has 1 aliphatic heterocycles. The summed E-state index contributed by atoms with van der Waals surface area (Å²) in [6.07, 6.45) is 6.88. The third-order valence-electron chi connectivity index (χ3n) is 4.28. The fourth-order valence-electron chi connectivity index (χ4n) is 2.95. The van der Waals surface area contributed by atoms with Crippen LogP contribution in [-0.4, -0.2) is 29.4 Å². The highest BCUT2D eigenvalue weighted by Gasteiger charge is 2.22. The Balaban J connectivity index is 1.64. The van der Waals surface area contributed by atoms with Crippen LogP contribution in [0.4, 0.5) is 5.69 Å². The number of carbonyl (C=O) groups excluding carboxylic acids is 2. The van der Waals surface area contributed by atoms with Gasteiger partial charge in [-0.1, -0.05) is 23.8 Å². The number of hydrogen-bond donors (Lipinski definition) is 1. The van der Waals surface area contributed by atoms with Gasteiger partial charge < -0.3 is 15.0 Å². The van der Waals surface area contributed by atoms with E-state index in [1.54, 1.807) is 29.3 Å². The van der Waals surface area contributed by atoms with Crippen molar-refractivity contribution < 1.29 is 14.3 Å². The molecule has 0 bridgehead atoms. The summed E-state index contributed by atoms with van der Waals surface area (Å²) >= 11 is 6.33. The van der Waals surface area contributed by atoms with Crippen molar-refractivity contribution in [1.82, 2.24) is 10.3 Å². The first-order valence-corrected chi connectivity index (χ1v) is 9.49. The summed E-state index contributed by atoms with van der Waals surface area (Å²) in [7, 11) is 0. The van der Waals surface area contributed by atoms with Crippen LogP contribution in [0.15, 0.2) is 42.6 Å². The molecule has 0 aliphatic carbocycles. The number of benzene rings is 1. The maximum atomic E-state index is 11.9. The second kappa shape index (κ2) is 8.89. The lowest BCUT2D eigenvalue weighted by atomic mass is 10.2. The van der Waals surface area contributed by atoms with Crippen molar-refractivity contribution in [3.05, 3.63) is 53.2 Å². The molecule has 0 radical (unpaired) electrons. The highest BCUT2D eigenvalue weighted by Crippen LogP contribution is 2.33. The number of ether oxygens (including phenoxy) is 1. The van der Waals surface area contributed by atoms with Gasteiger partial charge in [-0.15, -0.1) is 0 Å². The Morgan fingerprint density at radius 3 is 2.79 bits per heavy atom. The molecule has 0 spiro atoms. The van der Waals surface area contributed by atoms with E-state index in [9.17, 15) is 9.59 Å². The van der Waals surface area contributed by atoms with Crippen molar-refractivity contribution in [2.45, 2.75) is 32.7 Å². The Labute approximate surface area is 169 Å². The third-order valence-corrected chi connectivity index (χ3v) is 4.58. The number of carbonyl (C=O) groups is 2.